The highest BCUT2D eigenvalue weighted by atomic mass is 16.5. The lowest BCUT2D eigenvalue weighted by molar-refractivity contribution is 0.0595. The SMILES string of the molecule is COC(=O)c1c(C)c(-c2cc(C(C)(C)C)c(O)c(C(=O)O)c2C)cc(C(C)(C)C)c1O. The van der Waals surface area contributed by atoms with E-state index in [1.807, 2.05) is 41.5 Å². The highest BCUT2D eigenvalue weighted by molar-refractivity contribution is 6.00. The third kappa shape index (κ3) is 4.24. The Kier molecular flexibility index (Phi) is 6.19. The number of methoxy groups -OCH3 is 1. The van der Waals surface area contributed by atoms with Crippen molar-refractivity contribution in [3.8, 4) is 22.6 Å². The van der Waals surface area contributed by atoms with Gasteiger partial charge in [-0.15, -0.1) is 0 Å². The Morgan fingerprint density at radius 1 is 0.774 bits per heavy atom. The van der Waals surface area contributed by atoms with Gasteiger partial charge in [0.1, 0.15) is 22.6 Å². The van der Waals surface area contributed by atoms with E-state index in [9.17, 15) is 24.9 Å². The summed E-state index contributed by atoms with van der Waals surface area (Å²) in [7, 11) is 1.25. The normalized spacial score (nSPS) is 12.0. The van der Waals surface area contributed by atoms with Crippen LogP contribution >= 0.6 is 0 Å². The average Bonchev–Trinajstić information content (AvgIpc) is 2.60. The number of carbonyl (C=O) groups is 2. The zero-order chi connectivity index (χ0) is 24.0. The largest absolute Gasteiger partial charge is 0.507 e. The molecule has 0 saturated carbocycles. The average molecular weight is 429 g/mol. The molecule has 3 N–H and O–H groups in total. The number of phenolic OH excluding ortho intramolecular Hbond substituents is 1. The number of ether oxygens (including phenoxy) is 1. The van der Waals surface area contributed by atoms with Crippen molar-refractivity contribution in [2.24, 2.45) is 0 Å². The molecule has 0 heterocycles. The molecule has 6 nitrogen and oxygen atoms in total. The number of hydrogen-bond donors (Lipinski definition) is 3. The molecule has 0 aliphatic carbocycles. The maximum absolute atomic E-state index is 12.5. The zero-order valence-electron chi connectivity index (χ0n) is 19.7. The third-order valence-electron chi connectivity index (χ3n) is 5.63. The molecule has 0 amide bonds. The lowest BCUT2D eigenvalue weighted by Gasteiger charge is -2.27. The first-order valence-electron chi connectivity index (χ1n) is 10.1. The molecule has 0 fully saturated rings. The highest BCUT2D eigenvalue weighted by Crippen LogP contribution is 2.45. The second-order valence-electron chi connectivity index (χ2n) is 9.94. The molecule has 0 radical (unpaired) electrons. The molecule has 2 rings (SSSR count). The zero-order valence-corrected chi connectivity index (χ0v) is 19.7. The molecule has 0 saturated heterocycles. The van der Waals surface area contributed by atoms with E-state index in [1.165, 1.54) is 7.11 Å². The van der Waals surface area contributed by atoms with Gasteiger partial charge in [0.25, 0.3) is 0 Å². The Hall–Kier alpha value is -3.02. The van der Waals surface area contributed by atoms with Crippen LogP contribution in [0.3, 0.4) is 0 Å². The van der Waals surface area contributed by atoms with E-state index in [4.69, 9.17) is 4.74 Å². The van der Waals surface area contributed by atoms with Gasteiger partial charge in [0.2, 0.25) is 0 Å². The molecule has 168 valence electrons. The van der Waals surface area contributed by atoms with Crippen molar-refractivity contribution in [2.75, 3.05) is 7.11 Å². The fourth-order valence-corrected chi connectivity index (χ4v) is 3.85. The van der Waals surface area contributed by atoms with Crippen LogP contribution in [0.1, 0.15) is 84.5 Å². The number of aromatic carboxylic acids is 1. The highest BCUT2D eigenvalue weighted by Gasteiger charge is 2.31. The first-order chi connectivity index (χ1) is 14.0. The van der Waals surface area contributed by atoms with E-state index in [1.54, 1.807) is 26.0 Å². The summed E-state index contributed by atoms with van der Waals surface area (Å²) in [6.45, 7) is 14.7. The number of hydrogen-bond acceptors (Lipinski definition) is 5. The summed E-state index contributed by atoms with van der Waals surface area (Å²) in [5.74, 6) is -2.32. The second-order valence-corrected chi connectivity index (χ2v) is 9.94. The molecule has 0 spiro atoms. The van der Waals surface area contributed by atoms with Crippen LogP contribution in [0.2, 0.25) is 0 Å². The quantitative estimate of drug-likeness (QED) is 0.561. The second kappa shape index (κ2) is 7.91. The van der Waals surface area contributed by atoms with Gasteiger partial charge in [0.15, 0.2) is 0 Å². The minimum atomic E-state index is -1.23. The van der Waals surface area contributed by atoms with Gasteiger partial charge in [-0.2, -0.15) is 0 Å². The monoisotopic (exact) mass is 428 g/mol. The van der Waals surface area contributed by atoms with E-state index in [2.05, 4.69) is 0 Å². The number of benzene rings is 2. The van der Waals surface area contributed by atoms with Crippen molar-refractivity contribution in [2.45, 2.75) is 66.2 Å². The van der Waals surface area contributed by atoms with Crippen molar-refractivity contribution in [3.05, 3.63) is 45.5 Å². The molecule has 2 aromatic carbocycles. The maximum atomic E-state index is 12.5. The first-order valence-corrected chi connectivity index (χ1v) is 10.1. The molecule has 6 heteroatoms. The smallest absolute Gasteiger partial charge is 0.341 e. The molecule has 0 bridgehead atoms. The van der Waals surface area contributed by atoms with Gasteiger partial charge in [0, 0.05) is 11.1 Å². The molecule has 2 aromatic rings. The summed E-state index contributed by atoms with van der Waals surface area (Å²) in [4.78, 5) is 24.6. The van der Waals surface area contributed by atoms with E-state index >= 15 is 0 Å². The lowest BCUT2D eigenvalue weighted by Crippen LogP contribution is -2.17. The van der Waals surface area contributed by atoms with Crippen molar-refractivity contribution >= 4 is 11.9 Å². The van der Waals surface area contributed by atoms with Crippen LogP contribution in [-0.4, -0.2) is 34.4 Å². The number of esters is 1. The van der Waals surface area contributed by atoms with Gasteiger partial charge in [-0.1, -0.05) is 41.5 Å². The molecule has 0 aliphatic rings. The van der Waals surface area contributed by atoms with Crippen LogP contribution in [0.15, 0.2) is 12.1 Å². The Balaban J connectivity index is 3.12. The van der Waals surface area contributed by atoms with Gasteiger partial charge in [-0.25, -0.2) is 9.59 Å². The van der Waals surface area contributed by atoms with Crippen LogP contribution in [0.4, 0.5) is 0 Å². The van der Waals surface area contributed by atoms with Crippen molar-refractivity contribution in [3.63, 3.8) is 0 Å². The summed E-state index contributed by atoms with van der Waals surface area (Å²) in [5, 5.41) is 31.4. The number of phenols is 2. The van der Waals surface area contributed by atoms with E-state index < -0.39 is 22.8 Å². The third-order valence-corrected chi connectivity index (χ3v) is 5.63. The minimum Gasteiger partial charge on any atom is -0.507 e. The summed E-state index contributed by atoms with van der Waals surface area (Å²) in [5.41, 5.74) is 1.90. The summed E-state index contributed by atoms with van der Waals surface area (Å²) in [6.07, 6.45) is 0. The minimum absolute atomic E-state index is 0.0478. The summed E-state index contributed by atoms with van der Waals surface area (Å²) >= 11 is 0. The van der Waals surface area contributed by atoms with Crippen molar-refractivity contribution in [1.82, 2.24) is 0 Å². The van der Waals surface area contributed by atoms with Gasteiger partial charge < -0.3 is 20.1 Å². The Morgan fingerprint density at radius 2 is 1.13 bits per heavy atom. The Bertz CT molecular complexity index is 1070. The Morgan fingerprint density at radius 3 is 1.45 bits per heavy atom. The predicted molar refractivity (Wildman–Crippen MR) is 120 cm³/mol. The standard InChI is InChI=1S/C25H32O6/c1-12-14(10-16(24(3,4)5)20(26)18(12)22(28)29)15-11-17(25(6,7)8)21(27)19(13(15)2)23(30)31-9/h10-11,26-27H,1-9H3,(H,28,29). The van der Waals surface area contributed by atoms with Crippen LogP contribution in [0.5, 0.6) is 11.5 Å². The van der Waals surface area contributed by atoms with Gasteiger partial charge >= 0.3 is 11.9 Å². The number of rotatable bonds is 3. The van der Waals surface area contributed by atoms with Gasteiger partial charge in [-0.3, -0.25) is 0 Å². The molecule has 0 aromatic heterocycles. The fraction of sp³-hybridized carbons (Fsp3) is 0.440. The first kappa shape index (κ1) is 24.3. The molecule has 0 atom stereocenters. The fourth-order valence-electron chi connectivity index (χ4n) is 3.85. The van der Waals surface area contributed by atoms with E-state index in [0.29, 0.717) is 33.4 Å². The summed E-state index contributed by atoms with van der Waals surface area (Å²) in [6, 6.07) is 3.55. The molecular weight excluding hydrogens is 396 g/mol. The number of carbonyl (C=O) groups excluding carboxylic acids is 1. The van der Waals surface area contributed by atoms with Gasteiger partial charge in [0.05, 0.1) is 7.11 Å². The molecule has 0 aliphatic heterocycles. The molecule has 0 unspecified atom stereocenters. The number of carboxylic acid groups (broad SMARTS) is 1. The van der Waals surface area contributed by atoms with E-state index in [-0.39, 0.29) is 22.6 Å². The number of aromatic hydroxyl groups is 2. The van der Waals surface area contributed by atoms with Crippen LogP contribution in [-0.2, 0) is 15.6 Å². The topological polar surface area (TPSA) is 104 Å². The Labute approximate surface area is 183 Å². The van der Waals surface area contributed by atoms with Crippen LogP contribution in [0.25, 0.3) is 11.1 Å². The van der Waals surface area contributed by atoms with Crippen LogP contribution in [0, 0.1) is 13.8 Å². The van der Waals surface area contributed by atoms with Crippen LogP contribution < -0.4 is 0 Å². The summed E-state index contributed by atoms with van der Waals surface area (Å²) < 4.78 is 4.91. The van der Waals surface area contributed by atoms with Crippen molar-refractivity contribution in [1.29, 1.82) is 0 Å². The molecule has 31 heavy (non-hydrogen) atoms. The molecular formula is C25H32O6. The van der Waals surface area contributed by atoms with Gasteiger partial charge in [-0.05, 0) is 59.1 Å². The van der Waals surface area contributed by atoms with E-state index in [0.717, 1.165) is 0 Å². The lowest BCUT2D eigenvalue weighted by atomic mass is 9.78. The number of carboxylic acids is 1. The van der Waals surface area contributed by atoms with Crippen molar-refractivity contribution < 1.29 is 29.6 Å². The maximum Gasteiger partial charge on any atom is 0.341 e. The predicted octanol–water partition coefficient (Wildman–Crippen LogP) is 5.46.